The fraction of sp³-hybridized carbons (Fsp3) is 0.364. The highest BCUT2D eigenvalue weighted by molar-refractivity contribution is 6.30. The number of hydrogen-bond donors (Lipinski definition) is 1. The van der Waals surface area contributed by atoms with E-state index >= 15 is 0 Å². The average molecular weight is 210 g/mol. The SMILES string of the molecule is CC1CCc2cc(Cl)ccc2NC1=O. The summed E-state index contributed by atoms with van der Waals surface area (Å²) in [4.78, 5) is 11.5. The second-order valence-electron chi connectivity index (χ2n) is 3.73. The Morgan fingerprint density at radius 1 is 1.50 bits per heavy atom. The fourth-order valence-electron chi connectivity index (χ4n) is 1.65. The van der Waals surface area contributed by atoms with Crippen LogP contribution >= 0.6 is 11.6 Å². The molecule has 14 heavy (non-hydrogen) atoms. The zero-order valence-corrected chi connectivity index (χ0v) is 8.77. The van der Waals surface area contributed by atoms with Crippen molar-refractivity contribution >= 4 is 23.2 Å². The zero-order chi connectivity index (χ0) is 10.1. The summed E-state index contributed by atoms with van der Waals surface area (Å²) in [5, 5.41) is 3.63. The van der Waals surface area contributed by atoms with Gasteiger partial charge in [-0.1, -0.05) is 18.5 Å². The maximum atomic E-state index is 11.5. The minimum atomic E-state index is 0.0844. The molecular formula is C11H12ClNO. The summed E-state index contributed by atoms with van der Waals surface area (Å²) < 4.78 is 0. The molecule has 1 aliphatic rings. The lowest BCUT2D eigenvalue weighted by atomic mass is 10.0. The molecular weight excluding hydrogens is 198 g/mol. The largest absolute Gasteiger partial charge is 0.326 e. The van der Waals surface area contributed by atoms with Gasteiger partial charge in [-0.25, -0.2) is 0 Å². The fourth-order valence-corrected chi connectivity index (χ4v) is 1.84. The van der Waals surface area contributed by atoms with Gasteiger partial charge < -0.3 is 5.32 Å². The van der Waals surface area contributed by atoms with E-state index in [4.69, 9.17) is 11.6 Å². The van der Waals surface area contributed by atoms with Crippen molar-refractivity contribution in [1.29, 1.82) is 0 Å². The predicted molar refractivity (Wildman–Crippen MR) is 57.6 cm³/mol. The number of fused-ring (bicyclic) bond motifs is 1. The molecule has 1 N–H and O–H groups in total. The van der Waals surface area contributed by atoms with E-state index in [0.29, 0.717) is 0 Å². The highest BCUT2D eigenvalue weighted by Gasteiger charge is 2.19. The van der Waals surface area contributed by atoms with Crippen molar-refractivity contribution in [2.75, 3.05) is 5.32 Å². The van der Waals surface area contributed by atoms with Gasteiger partial charge in [0, 0.05) is 16.6 Å². The van der Waals surface area contributed by atoms with Crippen molar-refractivity contribution in [2.45, 2.75) is 19.8 Å². The van der Waals surface area contributed by atoms with Crippen LogP contribution in [0.5, 0.6) is 0 Å². The van der Waals surface area contributed by atoms with Crippen LogP contribution in [-0.2, 0) is 11.2 Å². The molecule has 2 nitrogen and oxygen atoms in total. The van der Waals surface area contributed by atoms with Gasteiger partial charge in [0.1, 0.15) is 0 Å². The molecule has 74 valence electrons. The molecule has 0 aliphatic carbocycles. The lowest BCUT2D eigenvalue weighted by Gasteiger charge is -2.06. The first-order valence-corrected chi connectivity index (χ1v) is 5.14. The zero-order valence-electron chi connectivity index (χ0n) is 8.01. The minimum absolute atomic E-state index is 0.0844. The Kier molecular flexibility index (Phi) is 2.46. The Balaban J connectivity index is 2.37. The number of benzene rings is 1. The number of anilines is 1. The molecule has 1 aromatic rings. The van der Waals surface area contributed by atoms with E-state index in [2.05, 4.69) is 5.32 Å². The molecule has 0 spiro atoms. The van der Waals surface area contributed by atoms with Gasteiger partial charge in [0.2, 0.25) is 5.91 Å². The summed E-state index contributed by atoms with van der Waals surface area (Å²) >= 11 is 5.89. The Hall–Kier alpha value is -1.02. The molecule has 0 saturated heterocycles. The summed E-state index contributed by atoms with van der Waals surface area (Å²) in [5.41, 5.74) is 2.04. The molecule has 1 amide bonds. The lowest BCUT2D eigenvalue weighted by molar-refractivity contribution is -0.119. The van der Waals surface area contributed by atoms with Crippen LogP contribution in [0.25, 0.3) is 0 Å². The van der Waals surface area contributed by atoms with Crippen LogP contribution in [0.1, 0.15) is 18.9 Å². The van der Waals surface area contributed by atoms with Gasteiger partial charge in [0.05, 0.1) is 0 Å². The molecule has 1 atom stereocenters. The molecule has 2 rings (SSSR count). The number of rotatable bonds is 0. The molecule has 0 fully saturated rings. The first kappa shape index (κ1) is 9.53. The standard InChI is InChI=1S/C11H12ClNO/c1-7-2-3-8-6-9(12)4-5-10(8)13-11(7)14/h4-7H,2-3H2,1H3,(H,13,14). The van der Waals surface area contributed by atoms with Crippen LogP contribution in [0.2, 0.25) is 5.02 Å². The summed E-state index contributed by atoms with van der Waals surface area (Å²) in [6.45, 7) is 1.95. The molecule has 0 saturated carbocycles. The molecule has 1 aromatic carbocycles. The number of hydrogen-bond acceptors (Lipinski definition) is 1. The molecule has 3 heteroatoms. The van der Waals surface area contributed by atoms with Gasteiger partial charge in [-0.15, -0.1) is 0 Å². The van der Waals surface area contributed by atoms with E-state index < -0.39 is 0 Å². The molecule has 0 radical (unpaired) electrons. The number of carbonyl (C=O) groups excluding carboxylic acids is 1. The van der Waals surface area contributed by atoms with Crippen LogP contribution in [0.15, 0.2) is 18.2 Å². The van der Waals surface area contributed by atoms with E-state index in [1.54, 1.807) is 6.07 Å². The van der Waals surface area contributed by atoms with Crippen molar-refractivity contribution in [3.8, 4) is 0 Å². The van der Waals surface area contributed by atoms with Crippen molar-refractivity contribution in [3.63, 3.8) is 0 Å². The number of amides is 1. The van der Waals surface area contributed by atoms with Gasteiger partial charge in [0.15, 0.2) is 0 Å². The Labute approximate surface area is 88.3 Å². The topological polar surface area (TPSA) is 29.1 Å². The highest BCUT2D eigenvalue weighted by atomic mass is 35.5. The van der Waals surface area contributed by atoms with Crippen LogP contribution < -0.4 is 5.32 Å². The number of aryl methyl sites for hydroxylation is 1. The van der Waals surface area contributed by atoms with Gasteiger partial charge >= 0.3 is 0 Å². The quantitative estimate of drug-likeness (QED) is 0.700. The maximum absolute atomic E-state index is 11.5. The lowest BCUT2D eigenvalue weighted by Crippen LogP contribution is -2.18. The van der Waals surface area contributed by atoms with E-state index in [0.717, 1.165) is 29.1 Å². The van der Waals surface area contributed by atoms with Crippen molar-refractivity contribution in [3.05, 3.63) is 28.8 Å². The molecule has 0 aromatic heterocycles. The third-order valence-corrected chi connectivity index (χ3v) is 2.85. The minimum Gasteiger partial charge on any atom is -0.326 e. The van der Waals surface area contributed by atoms with E-state index in [1.807, 2.05) is 19.1 Å². The molecule has 1 aliphatic heterocycles. The second kappa shape index (κ2) is 3.62. The highest BCUT2D eigenvalue weighted by Crippen LogP contribution is 2.26. The van der Waals surface area contributed by atoms with Gasteiger partial charge in [0.25, 0.3) is 0 Å². The third-order valence-electron chi connectivity index (χ3n) is 2.62. The average Bonchev–Trinajstić information content (AvgIpc) is 2.29. The van der Waals surface area contributed by atoms with Crippen molar-refractivity contribution in [1.82, 2.24) is 0 Å². The maximum Gasteiger partial charge on any atom is 0.227 e. The Morgan fingerprint density at radius 2 is 2.29 bits per heavy atom. The van der Waals surface area contributed by atoms with Gasteiger partial charge in [-0.05, 0) is 36.6 Å². The molecule has 0 bridgehead atoms. The van der Waals surface area contributed by atoms with Gasteiger partial charge in [-0.3, -0.25) is 4.79 Å². The molecule has 1 unspecified atom stereocenters. The van der Waals surface area contributed by atoms with E-state index in [1.165, 1.54) is 0 Å². The van der Waals surface area contributed by atoms with Crippen molar-refractivity contribution in [2.24, 2.45) is 5.92 Å². The van der Waals surface area contributed by atoms with Crippen LogP contribution in [-0.4, -0.2) is 5.91 Å². The summed E-state index contributed by atoms with van der Waals surface area (Å²) in [5.74, 6) is 0.187. The van der Waals surface area contributed by atoms with Crippen molar-refractivity contribution < 1.29 is 4.79 Å². The van der Waals surface area contributed by atoms with Gasteiger partial charge in [-0.2, -0.15) is 0 Å². The molecule has 1 heterocycles. The Morgan fingerprint density at radius 3 is 3.07 bits per heavy atom. The van der Waals surface area contributed by atoms with E-state index in [9.17, 15) is 4.79 Å². The second-order valence-corrected chi connectivity index (χ2v) is 4.17. The first-order chi connectivity index (χ1) is 6.66. The van der Waals surface area contributed by atoms with E-state index in [-0.39, 0.29) is 11.8 Å². The summed E-state index contributed by atoms with van der Waals surface area (Å²) in [7, 11) is 0. The summed E-state index contributed by atoms with van der Waals surface area (Å²) in [6.07, 6.45) is 1.80. The third kappa shape index (κ3) is 1.75. The van der Waals surface area contributed by atoms with Crippen LogP contribution in [0, 0.1) is 5.92 Å². The first-order valence-electron chi connectivity index (χ1n) is 4.76. The Bertz CT molecular complexity index is 376. The number of carbonyl (C=O) groups is 1. The predicted octanol–water partition coefficient (Wildman–Crippen LogP) is 2.86. The monoisotopic (exact) mass is 209 g/mol. The smallest absolute Gasteiger partial charge is 0.227 e. The summed E-state index contributed by atoms with van der Waals surface area (Å²) in [6, 6.07) is 5.60. The normalized spacial score (nSPS) is 21.0. The number of halogens is 1. The van der Waals surface area contributed by atoms with Crippen LogP contribution in [0.3, 0.4) is 0 Å². The number of nitrogens with one attached hydrogen (secondary N) is 1. The van der Waals surface area contributed by atoms with Crippen LogP contribution in [0.4, 0.5) is 5.69 Å².